The Balaban J connectivity index is 1.78. The molecule has 3 aliphatic rings. The Kier molecular flexibility index (Phi) is 10.7. The van der Waals surface area contributed by atoms with E-state index in [1.807, 2.05) is 26.0 Å². The molecule has 224 valence electrons. The largest absolute Gasteiger partial charge is 0.465 e. The number of carbonyl (C=O) groups is 3. The molecule has 0 radical (unpaired) electrons. The van der Waals surface area contributed by atoms with Gasteiger partial charge in [-0.15, -0.1) is 24.9 Å². The molecule has 2 amide bonds. The lowest BCUT2D eigenvalue weighted by atomic mass is 9.71. The number of hydrogen-bond donors (Lipinski definition) is 1. The van der Waals surface area contributed by atoms with Crippen LogP contribution in [0.15, 0.2) is 49.6 Å². The van der Waals surface area contributed by atoms with Gasteiger partial charge in [-0.3, -0.25) is 14.4 Å². The molecule has 1 aromatic carbocycles. The first-order valence-electron chi connectivity index (χ1n) is 14.4. The molecule has 41 heavy (non-hydrogen) atoms. The number of aliphatic hydroxyl groups excluding tert-OH is 1. The van der Waals surface area contributed by atoms with Crippen molar-refractivity contribution in [1.29, 1.82) is 0 Å². The number of esters is 1. The molecular formula is C31H40BrClN2O5S. The van der Waals surface area contributed by atoms with Gasteiger partial charge in [-0.05, 0) is 43.7 Å². The summed E-state index contributed by atoms with van der Waals surface area (Å²) in [5.74, 6) is -2.42. The standard InChI is InChI=1S/C31H40BrClN2O5S/c1-5-8-9-12-16-40-30(39)24-25-28(37)35(23(18-36)19(4)7-3)27(31(25)17-20(32)26(24)41-31)29(38)34(15-6-2)22-14-11-10-13-21(22)33/h5-6,10-11,13-14,19-20,23-27,36H,1-2,7-9,12,15-18H2,3-4H3/t19-,20?,23-,24+,25-,26+,27?,31?/m0/s1. The molecule has 2 bridgehead atoms. The van der Waals surface area contributed by atoms with Crippen molar-refractivity contribution in [3.63, 3.8) is 0 Å². The third kappa shape index (κ3) is 5.76. The normalized spacial score (nSPS) is 29.6. The second-order valence-corrected chi connectivity index (χ2v) is 14.3. The molecule has 10 heteroatoms. The van der Waals surface area contributed by atoms with Crippen LogP contribution in [0.25, 0.3) is 0 Å². The average molecular weight is 668 g/mol. The highest BCUT2D eigenvalue weighted by Crippen LogP contribution is 2.68. The van der Waals surface area contributed by atoms with Gasteiger partial charge in [0.1, 0.15) is 6.04 Å². The van der Waals surface area contributed by atoms with E-state index in [9.17, 15) is 19.5 Å². The average Bonchev–Trinajstić information content (AvgIpc) is 3.55. The molecular weight excluding hydrogens is 628 g/mol. The number of likely N-dealkylation sites (tertiary alicyclic amines) is 1. The molecule has 3 saturated heterocycles. The van der Waals surface area contributed by atoms with E-state index in [0.717, 1.165) is 12.8 Å². The molecule has 4 rings (SSSR count). The van der Waals surface area contributed by atoms with Crippen LogP contribution in [-0.2, 0) is 19.1 Å². The second-order valence-electron chi connectivity index (χ2n) is 11.2. The van der Waals surface area contributed by atoms with Crippen molar-refractivity contribution in [3.8, 4) is 0 Å². The fraction of sp³-hybridized carbons (Fsp3) is 0.581. The zero-order valence-electron chi connectivity index (χ0n) is 23.7. The molecule has 1 spiro atoms. The smallest absolute Gasteiger partial charge is 0.310 e. The lowest BCUT2D eigenvalue weighted by Crippen LogP contribution is -2.59. The molecule has 0 aliphatic carbocycles. The van der Waals surface area contributed by atoms with Crippen molar-refractivity contribution in [2.75, 3.05) is 24.7 Å². The fourth-order valence-corrected chi connectivity index (χ4v) is 10.5. The molecule has 7 nitrogen and oxygen atoms in total. The highest BCUT2D eigenvalue weighted by Gasteiger charge is 2.77. The number of rotatable bonds is 14. The van der Waals surface area contributed by atoms with Gasteiger partial charge in [0.25, 0.3) is 5.91 Å². The number of para-hydroxylation sites is 1. The number of carbonyl (C=O) groups excluding carboxylic acids is 3. The van der Waals surface area contributed by atoms with E-state index in [4.69, 9.17) is 16.3 Å². The molecule has 0 saturated carbocycles. The van der Waals surface area contributed by atoms with Crippen molar-refractivity contribution in [2.45, 2.75) is 72.9 Å². The predicted octanol–water partition coefficient (Wildman–Crippen LogP) is 5.63. The number of ether oxygens (including phenoxy) is 1. The summed E-state index contributed by atoms with van der Waals surface area (Å²) in [5, 5.41) is 10.8. The van der Waals surface area contributed by atoms with Gasteiger partial charge in [0, 0.05) is 16.6 Å². The number of thioether (sulfide) groups is 1. The van der Waals surface area contributed by atoms with Gasteiger partial charge in [0.15, 0.2) is 0 Å². The van der Waals surface area contributed by atoms with Crippen molar-refractivity contribution in [1.82, 2.24) is 4.90 Å². The predicted molar refractivity (Wildman–Crippen MR) is 168 cm³/mol. The van der Waals surface area contributed by atoms with Crippen LogP contribution in [0.3, 0.4) is 0 Å². The topological polar surface area (TPSA) is 87.2 Å². The van der Waals surface area contributed by atoms with E-state index in [1.54, 1.807) is 45.8 Å². The summed E-state index contributed by atoms with van der Waals surface area (Å²) in [5.41, 5.74) is 0.527. The maximum Gasteiger partial charge on any atom is 0.310 e. The summed E-state index contributed by atoms with van der Waals surface area (Å²) in [4.78, 5) is 45.9. The van der Waals surface area contributed by atoms with Crippen LogP contribution in [0.2, 0.25) is 5.02 Å². The van der Waals surface area contributed by atoms with Gasteiger partial charge in [0.2, 0.25) is 5.91 Å². The van der Waals surface area contributed by atoms with Crippen molar-refractivity contribution < 1.29 is 24.2 Å². The Morgan fingerprint density at radius 3 is 2.68 bits per heavy atom. The number of halogens is 2. The number of amides is 2. The van der Waals surface area contributed by atoms with E-state index in [2.05, 4.69) is 29.1 Å². The van der Waals surface area contributed by atoms with Gasteiger partial charge in [0.05, 0.1) is 46.5 Å². The molecule has 0 aromatic heterocycles. The van der Waals surface area contributed by atoms with Crippen LogP contribution in [-0.4, -0.2) is 74.5 Å². The van der Waals surface area contributed by atoms with E-state index in [1.165, 1.54) is 0 Å². The summed E-state index contributed by atoms with van der Waals surface area (Å²) in [6.07, 6.45) is 7.14. The van der Waals surface area contributed by atoms with Gasteiger partial charge in [-0.25, -0.2) is 0 Å². The third-order valence-corrected chi connectivity index (χ3v) is 12.4. The zero-order chi connectivity index (χ0) is 29.9. The first-order chi connectivity index (χ1) is 19.7. The Morgan fingerprint density at radius 1 is 1.32 bits per heavy atom. The zero-order valence-corrected chi connectivity index (χ0v) is 26.9. The monoisotopic (exact) mass is 666 g/mol. The number of anilines is 1. The van der Waals surface area contributed by atoms with E-state index in [-0.39, 0.29) is 47.6 Å². The number of allylic oxidation sites excluding steroid dienone is 1. The van der Waals surface area contributed by atoms with E-state index < -0.39 is 34.6 Å². The third-order valence-electron chi connectivity index (χ3n) is 8.85. The number of nitrogens with zero attached hydrogens (tertiary/aromatic N) is 2. The summed E-state index contributed by atoms with van der Waals surface area (Å²) < 4.78 is 4.87. The van der Waals surface area contributed by atoms with Gasteiger partial charge in [-0.2, -0.15) is 0 Å². The highest BCUT2D eigenvalue weighted by molar-refractivity contribution is 9.09. The highest BCUT2D eigenvalue weighted by atomic mass is 79.9. The molecule has 1 aromatic rings. The molecule has 3 aliphatic heterocycles. The lowest BCUT2D eigenvalue weighted by molar-refractivity contribution is -0.154. The number of hydrogen-bond acceptors (Lipinski definition) is 6. The van der Waals surface area contributed by atoms with Crippen molar-refractivity contribution >= 4 is 62.8 Å². The van der Waals surface area contributed by atoms with Crippen molar-refractivity contribution in [2.24, 2.45) is 17.8 Å². The second kappa shape index (κ2) is 13.7. The molecule has 3 heterocycles. The maximum absolute atomic E-state index is 14.7. The quantitative estimate of drug-likeness (QED) is 0.120. The van der Waals surface area contributed by atoms with Crippen LogP contribution in [0, 0.1) is 17.8 Å². The first kappa shape index (κ1) is 32.1. The summed E-state index contributed by atoms with van der Waals surface area (Å²) >= 11 is 11.9. The minimum absolute atomic E-state index is 0.0696. The number of fused-ring (bicyclic) bond motifs is 1. The van der Waals surface area contributed by atoms with Gasteiger partial charge < -0.3 is 19.6 Å². The van der Waals surface area contributed by atoms with Gasteiger partial charge >= 0.3 is 5.97 Å². The van der Waals surface area contributed by atoms with Crippen LogP contribution in [0.4, 0.5) is 5.69 Å². The number of aliphatic hydroxyl groups is 1. The Hall–Kier alpha value is -1.81. The molecule has 3 unspecified atom stereocenters. The Morgan fingerprint density at radius 2 is 2.05 bits per heavy atom. The van der Waals surface area contributed by atoms with Crippen LogP contribution in [0.5, 0.6) is 0 Å². The minimum atomic E-state index is -0.900. The Bertz CT molecular complexity index is 1170. The van der Waals surface area contributed by atoms with Crippen LogP contribution >= 0.6 is 39.3 Å². The Labute approximate surface area is 260 Å². The summed E-state index contributed by atoms with van der Waals surface area (Å²) in [6, 6.07) is 5.62. The minimum Gasteiger partial charge on any atom is -0.465 e. The SMILES string of the molecule is C=CCCCCOC(=O)[C@H]1[C@@H]2SC3(CC2Br)C(C(=O)N(CC=C)c2ccccc2Cl)N([C@@H](CO)[C@@H](C)CC)C(=O)[C@H]13. The van der Waals surface area contributed by atoms with E-state index >= 15 is 0 Å². The number of alkyl halides is 1. The van der Waals surface area contributed by atoms with Crippen LogP contribution in [0.1, 0.15) is 46.0 Å². The first-order valence-corrected chi connectivity index (χ1v) is 16.5. The molecule has 8 atom stereocenters. The molecule has 1 N–H and O–H groups in total. The molecule has 3 fully saturated rings. The summed E-state index contributed by atoms with van der Waals surface area (Å²) in [6.45, 7) is 11.7. The van der Waals surface area contributed by atoms with Crippen molar-refractivity contribution in [3.05, 3.63) is 54.6 Å². The lowest BCUT2D eigenvalue weighted by Gasteiger charge is -2.41. The number of unbranched alkanes of at least 4 members (excludes halogenated alkanes) is 2. The van der Waals surface area contributed by atoms with Crippen LogP contribution < -0.4 is 4.90 Å². The number of benzene rings is 1. The summed E-state index contributed by atoms with van der Waals surface area (Å²) in [7, 11) is 0. The fourth-order valence-electron chi connectivity index (χ4n) is 6.70. The van der Waals surface area contributed by atoms with Gasteiger partial charge in [-0.1, -0.05) is 72.1 Å². The van der Waals surface area contributed by atoms with E-state index in [0.29, 0.717) is 30.0 Å². The maximum atomic E-state index is 14.7.